The number of halogens is 2. The van der Waals surface area contributed by atoms with Crippen LogP contribution in [0.4, 0.5) is 0 Å². The van der Waals surface area contributed by atoms with Crippen LogP contribution in [0, 0.1) is 0 Å². The van der Waals surface area contributed by atoms with Gasteiger partial charge in [-0.25, -0.2) is 4.79 Å². The summed E-state index contributed by atoms with van der Waals surface area (Å²) in [6.45, 7) is 0. The van der Waals surface area contributed by atoms with Gasteiger partial charge in [0.25, 0.3) is 0 Å². The predicted molar refractivity (Wildman–Crippen MR) is 103 cm³/mol. The van der Waals surface area contributed by atoms with E-state index < -0.39 is 5.69 Å². The summed E-state index contributed by atoms with van der Waals surface area (Å²) in [5, 5.41) is 10.1. The molecule has 0 amide bonds. The largest absolute Gasteiger partial charge is 0.506 e. The highest BCUT2D eigenvalue weighted by molar-refractivity contribution is 9.11. The second-order valence-corrected chi connectivity index (χ2v) is 6.82. The first-order chi connectivity index (χ1) is 11.5. The second kappa shape index (κ2) is 7.15. The van der Waals surface area contributed by atoms with E-state index >= 15 is 0 Å². The first-order valence-electron chi connectivity index (χ1n) is 7.06. The number of hydrogen-bond acceptors (Lipinski definition) is 3. The maximum absolute atomic E-state index is 11.8. The molecule has 0 radical (unpaired) electrons. The topological polar surface area (TPSA) is 66.0 Å². The van der Waals surface area contributed by atoms with E-state index in [4.69, 9.17) is 0 Å². The SMILES string of the molecule is O=c1nc(C=Cc2cc(Br)cc(Br)c2O)cc(-c2ccccc2)[nH]1. The summed E-state index contributed by atoms with van der Waals surface area (Å²) in [4.78, 5) is 18.5. The van der Waals surface area contributed by atoms with Crippen molar-refractivity contribution in [2.24, 2.45) is 0 Å². The number of aromatic hydroxyl groups is 1. The zero-order chi connectivity index (χ0) is 17.1. The molecule has 0 unspecified atom stereocenters. The van der Waals surface area contributed by atoms with Crippen LogP contribution in [0.25, 0.3) is 23.4 Å². The Kier molecular flexibility index (Phi) is 4.97. The van der Waals surface area contributed by atoms with Crippen molar-refractivity contribution in [2.45, 2.75) is 0 Å². The summed E-state index contributed by atoms with van der Waals surface area (Å²) in [7, 11) is 0. The molecule has 6 heteroatoms. The van der Waals surface area contributed by atoms with Crippen molar-refractivity contribution in [2.75, 3.05) is 0 Å². The number of aromatic amines is 1. The summed E-state index contributed by atoms with van der Waals surface area (Å²) >= 11 is 6.67. The Balaban J connectivity index is 1.99. The van der Waals surface area contributed by atoms with Crippen LogP contribution >= 0.6 is 31.9 Å². The standard InChI is InChI=1S/C18H12Br2N2O2/c19-13-8-12(17(23)15(20)9-13)6-7-14-10-16(22-18(24)21-14)11-4-2-1-3-5-11/h1-10,23H,(H,21,22,24). The van der Waals surface area contributed by atoms with Crippen molar-refractivity contribution in [3.05, 3.63) is 79.2 Å². The smallest absolute Gasteiger partial charge is 0.345 e. The zero-order valence-electron chi connectivity index (χ0n) is 12.3. The maximum Gasteiger partial charge on any atom is 0.345 e. The first kappa shape index (κ1) is 16.7. The van der Waals surface area contributed by atoms with Gasteiger partial charge in [0.15, 0.2) is 0 Å². The molecule has 1 heterocycles. The third kappa shape index (κ3) is 3.83. The Labute approximate surface area is 155 Å². The van der Waals surface area contributed by atoms with Gasteiger partial charge in [-0.15, -0.1) is 0 Å². The molecule has 2 N–H and O–H groups in total. The molecule has 0 aliphatic heterocycles. The summed E-state index contributed by atoms with van der Waals surface area (Å²) in [6, 6.07) is 14.9. The number of phenolic OH excluding ortho intramolecular Hbond substituents is 1. The van der Waals surface area contributed by atoms with Crippen LogP contribution in [0.2, 0.25) is 0 Å². The van der Waals surface area contributed by atoms with E-state index in [0.717, 1.165) is 10.0 Å². The highest BCUT2D eigenvalue weighted by Crippen LogP contribution is 2.32. The molecule has 0 saturated carbocycles. The highest BCUT2D eigenvalue weighted by atomic mass is 79.9. The Bertz CT molecular complexity index is 966. The number of hydrogen-bond donors (Lipinski definition) is 2. The summed E-state index contributed by atoms with van der Waals surface area (Å²) in [5.41, 5.74) is 2.29. The van der Waals surface area contributed by atoms with Gasteiger partial charge in [-0.05, 0) is 51.8 Å². The predicted octanol–water partition coefficient (Wildman–Crippen LogP) is 4.84. The number of nitrogens with one attached hydrogen (secondary N) is 1. The van der Waals surface area contributed by atoms with E-state index in [1.54, 1.807) is 30.4 Å². The van der Waals surface area contributed by atoms with Gasteiger partial charge < -0.3 is 10.1 Å². The molecule has 24 heavy (non-hydrogen) atoms. The quantitative estimate of drug-likeness (QED) is 0.603. The van der Waals surface area contributed by atoms with E-state index in [1.165, 1.54) is 0 Å². The summed E-state index contributed by atoms with van der Waals surface area (Å²) in [5.74, 6) is 0.127. The summed E-state index contributed by atoms with van der Waals surface area (Å²) in [6.07, 6.45) is 3.40. The van der Waals surface area contributed by atoms with E-state index in [-0.39, 0.29) is 5.75 Å². The Hall–Kier alpha value is -2.18. The molecule has 0 atom stereocenters. The molecule has 0 saturated heterocycles. The van der Waals surface area contributed by atoms with Gasteiger partial charge >= 0.3 is 5.69 Å². The van der Waals surface area contributed by atoms with Gasteiger partial charge in [0.05, 0.1) is 15.9 Å². The molecule has 0 bridgehead atoms. The van der Waals surface area contributed by atoms with Crippen LogP contribution < -0.4 is 5.69 Å². The molecule has 120 valence electrons. The van der Waals surface area contributed by atoms with Crippen molar-refractivity contribution < 1.29 is 5.11 Å². The molecule has 1 aromatic heterocycles. The van der Waals surface area contributed by atoms with E-state index in [0.29, 0.717) is 21.4 Å². The minimum atomic E-state index is -0.421. The zero-order valence-corrected chi connectivity index (χ0v) is 15.5. The Morgan fingerprint density at radius 3 is 2.54 bits per heavy atom. The lowest BCUT2D eigenvalue weighted by Gasteiger charge is -2.04. The number of rotatable bonds is 3. The summed E-state index contributed by atoms with van der Waals surface area (Å²) < 4.78 is 1.41. The normalized spacial score (nSPS) is 11.1. The molecule has 3 aromatic rings. The molecule has 0 spiro atoms. The van der Waals surface area contributed by atoms with Gasteiger partial charge in [0, 0.05) is 10.0 Å². The molecule has 0 fully saturated rings. The van der Waals surface area contributed by atoms with Crippen LogP contribution in [0.3, 0.4) is 0 Å². The van der Waals surface area contributed by atoms with Crippen LogP contribution in [-0.2, 0) is 0 Å². The van der Waals surface area contributed by atoms with Gasteiger partial charge in [-0.1, -0.05) is 46.3 Å². The van der Waals surface area contributed by atoms with Crippen molar-refractivity contribution in [1.82, 2.24) is 9.97 Å². The van der Waals surface area contributed by atoms with Gasteiger partial charge in [-0.3, -0.25) is 0 Å². The minimum Gasteiger partial charge on any atom is -0.506 e. The average molecular weight is 448 g/mol. The van der Waals surface area contributed by atoms with E-state index in [2.05, 4.69) is 41.8 Å². The van der Waals surface area contributed by atoms with Gasteiger partial charge in [0.2, 0.25) is 0 Å². The molecule has 2 aromatic carbocycles. The third-order valence-electron chi connectivity index (χ3n) is 3.34. The average Bonchev–Trinajstić information content (AvgIpc) is 2.57. The molecule has 0 aliphatic rings. The molecule has 3 rings (SSSR count). The first-order valence-corrected chi connectivity index (χ1v) is 8.64. The highest BCUT2D eigenvalue weighted by Gasteiger charge is 2.05. The number of aromatic nitrogens is 2. The van der Waals surface area contributed by atoms with Gasteiger partial charge in [0.1, 0.15) is 5.75 Å². The third-order valence-corrected chi connectivity index (χ3v) is 4.40. The van der Waals surface area contributed by atoms with Crippen LogP contribution in [0.5, 0.6) is 5.75 Å². The van der Waals surface area contributed by atoms with Crippen molar-refractivity contribution >= 4 is 44.0 Å². The minimum absolute atomic E-state index is 0.127. The molecule has 4 nitrogen and oxygen atoms in total. The number of phenols is 1. The maximum atomic E-state index is 11.8. The van der Waals surface area contributed by atoms with Crippen molar-refractivity contribution in [1.29, 1.82) is 0 Å². The number of H-pyrrole nitrogens is 1. The van der Waals surface area contributed by atoms with Gasteiger partial charge in [-0.2, -0.15) is 4.98 Å². The number of nitrogens with zero attached hydrogens (tertiary/aromatic N) is 1. The van der Waals surface area contributed by atoms with Crippen LogP contribution in [0.1, 0.15) is 11.3 Å². The fraction of sp³-hybridized carbons (Fsp3) is 0. The Morgan fingerprint density at radius 1 is 1.04 bits per heavy atom. The lowest BCUT2D eigenvalue weighted by Crippen LogP contribution is -2.12. The molecular formula is C18H12Br2N2O2. The lowest BCUT2D eigenvalue weighted by molar-refractivity contribution is 0.470. The lowest BCUT2D eigenvalue weighted by atomic mass is 10.1. The Morgan fingerprint density at radius 2 is 1.79 bits per heavy atom. The number of benzene rings is 2. The fourth-order valence-electron chi connectivity index (χ4n) is 2.22. The fourth-order valence-corrected chi connectivity index (χ4v) is 3.48. The second-order valence-electron chi connectivity index (χ2n) is 5.05. The molecular weight excluding hydrogens is 436 g/mol. The van der Waals surface area contributed by atoms with E-state index in [1.807, 2.05) is 30.3 Å². The van der Waals surface area contributed by atoms with Crippen LogP contribution in [0.15, 0.2) is 62.3 Å². The van der Waals surface area contributed by atoms with Crippen molar-refractivity contribution in [3.8, 4) is 17.0 Å². The van der Waals surface area contributed by atoms with Crippen molar-refractivity contribution in [3.63, 3.8) is 0 Å². The van der Waals surface area contributed by atoms with E-state index in [9.17, 15) is 9.90 Å². The monoisotopic (exact) mass is 446 g/mol. The van der Waals surface area contributed by atoms with Crippen LogP contribution in [-0.4, -0.2) is 15.1 Å². The molecule has 0 aliphatic carbocycles.